The smallest absolute Gasteiger partial charge is 0.303 e. The fourth-order valence-corrected chi connectivity index (χ4v) is 2.29. The summed E-state index contributed by atoms with van der Waals surface area (Å²) >= 11 is 0. The Bertz CT molecular complexity index is 543. The van der Waals surface area contributed by atoms with Gasteiger partial charge in [0.15, 0.2) is 0 Å². The van der Waals surface area contributed by atoms with Crippen LogP contribution in [0.25, 0.3) is 0 Å². The quantitative estimate of drug-likeness (QED) is 0.711. The van der Waals surface area contributed by atoms with Gasteiger partial charge in [0.25, 0.3) is 0 Å². The predicted octanol–water partition coefficient (Wildman–Crippen LogP) is 2.14. The third-order valence-electron chi connectivity index (χ3n) is 3.67. The van der Waals surface area contributed by atoms with Crippen LogP contribution in [-0.4, -0.2) is 53.3 Å². The third kappa shape index (κ3) is 7.76. The molecule has 0 saturated heterocycles. The lowest BCUT2D eigenvalue weighted by Crippen LogP contribution is -2.32. The Balaban J connectivity index is 2.56. The Kier molecular flexibility index (Phi) is 8.54. The second-order valence-electron chi connectivity index (χ2n) is 5.94. The summed E-state index contributed by atoms with van der Waals surface area (Å²) in [6, 6.07) is 9.60. The monoisotopic (exact) mass is 334 g/mol. The molecule has 0 spiro atoms. The van der Waals surface area contributed by atoms with E-state index in [4.69, 9.17) is 5.11 Å². The zero-order chi connectivity index (χ0) is 17.9. The molecule has 0 aromatic heterocycles. The number of carboxylic acid groups (broad SMARTS) is 1. The van der Waals surface area contributed by atoms with Crippen molar-refractivity contribution < 1.29 is 19.5 Å². The molecule has 0 saturated carbocycles. The number of amides is 2. The minimum atomic E-state index is -0.862. The molecule has 1 rings (SSSR count). The average Bonchev–Trinajstić information content (AvgIpc) is 2.54. The van der Waals surface area contributed by atoms with Crippen LogP contribution in [-0.2, 0) is 20.9 Å². The summed E-state index contributed by atoms with van der Waals surface area (Å²) in [5.41, 5.74) is 1.01. The van der Waals surface area contributed by atoms with Crippen molar-refractivity contribution in [3.63, 3.8) is 0 Å². The van der Waals surface area contributed by atoms with Gasteiger partial charge in [0.1, 0.15) is 0 Å². The van der Waals surface area contributed by atoms with Crippen molar-refractivity contribution in [3.05, 3.63) is 35.9 Å². The molecule has 132 valence electrons. The van der Waals surface area contributed by atoms with Crippen LogP contribution in [0.5, 0.6) is 0 Å². The molecule has 0 aliphatic carbocycles. The summed E-state index contributed by atoms with van der Waals surface area (Å²) in [5.74, 6) is -0.905. The van der Waals surface area contributed by atoms with Gasteiger partial charge in [-0.15, -0.1) is 0 Å². The fraction of sp³-hybridized carbons (Fsp3) is 0.500. The van der Waals surface area contributed by atoms with Gasteiger partial charge in [-0.2, -0.15) is 0 Å². The fourth-order valence-electron chi connectivity index (χ4n) is 2.29. The Labute approximate surface area is 143 Å². The lowest BCUT2D eigenvalue weighted by Gasteiger charge is -2.23. The van der Waals surface area contributed by atoms with Gasteiger partial charge < -0.3 is 14.9 Å². The first kappa shape index (κ1) is 19.7. The second-order valence-corrected chi connectivity index (χ2v) is 5.94. The van der Waals surface area contributed by atoms with E-state index in [9.17, 15) is 14.4 Å². The molecule has 24 heavy (non-hydrogen) atoms. The van der Waals surface area contributed by atoms with Crippen molar-refractivity contribution in [1.29, 1.82) is 0 Å². The van der Waals surface area contributed by atoms with Crippen molar-refractivity contribution in [2.45, 2.75) is 38.6 Å². The molecule has 0 heterocycles. The van der Waals surface area contributed by atoms with E-state index in [1.54, 1.807) is 19.0 Å². The molecule has 0 atom stereocenters. The number of nitrogens with zero attached hydrogens (tertiary/aromatic N) is 2. The number of hydrogen-bond donors (Lipinski definition) is 1. The van der Waals surface area contributed by atoms with Crippen LogP contribution in [0.3, 0.4) is 0 Å². The maximum atomic E-state index is 12.4. The minimum absolute atomic E-state index is 0.00304. The second kappa shape index (κ2) is 10.4. The van der Waals surface area contributed by atoms with E-state index in [0.29, 0.717) is 38.8 Å². The topological polar surface area (TPSA) is 77.9 Å². The molecule has 1 aromatic rings. The number of benzene rings is 1. The van der Waals surface area contributed by atoms with E-state index >= 15 is 0 Å². The minimum Gasteiger partial charge on any atom is -0.481 e. The average molecular weight is 334 g/mol. The highest BCUT2D eigenvalue weighted by atomic mass is 16.4. The van der Waals surface area contributed by atoms with E-state index in [-0.39, 0.29) is 18.2 Å². The number of carbonyl (C=O) groups is 3. The van der Waals surface area contributed by atoms with Gasteiger partial charge in [0.2, 0.25) is 11.8 Å². The number of rotatable bonds is 10. The van der Waals surface area contributed by atoms with Gasteiger partial charge in [0.05, 0.1) is 0 Å². The number of aliphatic carboxylic acids is 1. The molecule has 0 fully saturated rings. The lowest BCUT2D eigenvalue weighted by atomic mass is 10.1. The van der Waals surface area contributed by atoms with Crippen LogP contribution in [0.2, 0.25) is 0 Å². The van der Waals surface area contributed by atoms with Gasteiger partial charge in [-0.3, -0.25) is 14.4 Å². The standard InChI is InChI=1S/C18H26N2O4/c1-19(2)16(21)10-6-11-17(22)20(13-7-12-18(23)24)14-15-8-4-3-5-9-15/h3-5,8-9H,6-7,10-14H2,1-2H3,(H,23,24). The summed E-state index contributed by atoms with van der Waals surface area (Å²) in [6.07, 6.45) is 1.59. The largest absolute Gasteiger partial charge is 0.481 e. The SMILES string of the molecule is CN(C)C(=O)CCCC(=O)N(CCCC(=O)O)Cc1ccccc1. The first-order valence-corrected chi connectivity index (χ1v) is 8.13. The Morgan fingerprint density at radius 3 is 2.12 bits per heavy atom. The summed E-state index contributed by atoms with van der Waals surface area (Å²) in [5, 5.41) is 8.76. The van der Waals surface area contributed by atoms with Gasteiger partial charge in [-0.1, -0.05) is 30.3 Å². The zero-order valence-corrected chi connectivity index (χ0v) is 14.4. The molecule has 6 nitrogen and oxygen atoms in total. The zero-order valence-electron chi connectivity index (χ0n) is 14.4. The highest BCUT2D eigenvalue weighted by Crippen LogP contribution is 2.10. The molecule has 0 radical (unpaired) electrons. The van der Waals surface area contributed by atoms with Crippen LogP contribution < -0.4 is 0 Å². The number of hydrogen-bond acceptors (Lipinski definition) is 3. The van der Waals surface area contributed by atoms with E-state index in [2.05, 4.69) is 0 Å². The molecule has 1 aromatic carbocycles. The Hall–Kier alpha value is -2.37. The molecule has 6 heteroatoms. The van der Waals surface area contributed by atoms with Crippen LogP contribution in [0.4, 0.5) is 0 Å². The molecule has 0 aliphatic rings. The molecule has 0 aliphatic heterocycles. The Morgan fingerprint density at radius 2 is 1.54 bits per heavy atom. The maximum Gasteiger partial charge on any atom is 0.303 e. The molecular formula is C18H26N2O4. The van der Waals surface area contributed by atoms with Gasteiger partial charge in [0, 0.05) is 46.4 Å². The van der Waals surface area contributed by atoms with Crippen LogP contribution in [0.15, 0.2) is 30.3 Å². The van der Waals surface area contributed by atoms with Gasteiger partial charge in [-0.05, 0) is 18.4 Å². The van der Waals surface area contributed by atoms with Crippen molar-refractivity contribution >= 4 is 17.8 Å². The normalized spacial score (nSPS) is 10.2. The number of carbonyl (C=O) groups excluding carboxylic acids is 2. The summed E-state index contributed by atoms with van der Waals surface area (Å²) < 4.78 is 0. The molecule has 0 bridgehead atoms. The Morgan fingerprint density at radius 1 is 0.917 bits per heavy atom. The van der Waals surface area contributed by atoms with E-state index in [1.165, 1.54) is 4.90 Å². The lowest BCUT2D eigenvalue weighted by molar-refractivity contribution is -0.138. The third-order valence-corrected chi connectivity index (χ3v) is 3.67. The first-order valence-electron chi connectivity index (χ1n) is 8.13. The number of carboxylic acids is 1. The van der Waals surface area contributed by atoms with E-state index < -0.39 is 5.97 Å². The first-order chi connectivity index (χ1) is 11.4. The summed E-state index contributed by atoms with van der Waals surface area (Å²) in [6.45, 7) is 0.864. The predicted molar refractivity (Wildman–Crippen MR) is 91.3 cm³/mol. The van der Waals surface area contributed by atoms with Crippen LogP contribution in [0, 0.1) is 0 Å². The van der Waals surface area contributed by atoms with Gasteiger partial charge in [-0.25, -0.2) is 0 Å². The van der Waals surface area contributed by atoms with Crippen molar-refractivity contribution in [2.24, 2.45) is 0 Å². The maximum absolute atomic E-state index is 12.4. The van der Waals surface area contributed by atoms with Crippen molar-refractivity contribution in [1.82, 2.24) is 9.80 Å². The molecule has 1 N–H and O–H groups in total. The highest BCUT2D eigenvalue weighted by molar-refractivity contribution is 5.78. The molecule has 2 amide bonds. The van der Waals surface area contributed by atoms with Crippen molar-refractivity contribution in [2.75, 3.05) is 20.6 Å². The van der Waals surface area contributed by atoms with Crippen LogP contribution in [0.1, 0.15) is 37.7 Å². The van der Waals surface area contributed by atoms with E-state index in [0.717, 1.165) is 5.56 Å². The molecular weight excluding hydrogens is 308 g/mol. The highest BCUT2D eigenvalue weighted by Gasteiger charge is 2.15. The summed E-state index contributed by atoms with van der Waals surface area (Å²) in [7, 11) is 3.38. The van der Waals surface area contributed by atoms with Crippen LogP contribution >= 0.6 is 0 Å². The van der Waals surface area contributed by atoms with Gasteiger partial charge >= 0.3 is 5.97 Å². The van der Waals surface area contributed by atoms with E-state index in [1.807, 2.05) is 30.3 Å². The summed E-state index contributed by atoms with van der Waals surface area (Å²) in [4.78, 5) is 37.9. The van der Waals surface area contributed by atoms with Crippen molar-refractivity contribution in [3.8, 4) is 0 Å². The molecule has 0 unspecified atom stereocenters.